The van der Waals surface area contributed by atoms with Crippen molar-refractivity contribution in [3.63, 3.8) is 0 Å². The molecule has 0 aromatic heterocycles. The zero-order valence-electron chi connectivity index (χ0n) is 9.37. The van der Waals surface area contributed by atoms with E-state index in [1.165, 1.54) is 5.56 Å². The van der Waals surface area contributed by atoms with Gasteiger partial charge in [-0.3, -0.25) is 4.79 Å². The van der Waals surface area contributed by atoms with Crippen LogP contribution in [0.2, 0.25) is 0 Å². The van der Waals surface area contributed by atoms with Gasteiger partial charge in [0.1, 0.15) is 0 Å². The van der Waals surface area contributed by atoms with E-state index in [1.54, 1.807) is 7.05 Å². The zero-order chi connectivity index (χ0) is 11.8. The minimum absolute atomic E-state index is 0.0441. The predicted octanol–water partition coefficient (Wildman–Crippen LogP) is 2.77. The molecule has 0 saturated carbocycles. The first-order valence-electron chi connectivity index (χ1n) is 5.28. The second-order valence-corrected chi connectivity index (χ2v) is 4.26. The van der Waals surface area contributed by atoms with E-state index in [-0.39, 0.29) is 5.91 Å². The molecule has 0 bridgehead atoms. The van der Waals surface area contributed by atoms with Gasteiger partial charge in [-0.15, -0.1) is 0 Å². The number of nitrogens with one attached hydrogen (secondary N) is 1. The van der Waals surface area contributed by atoms with E-state index in [0.717, 1.165) is 17.3 Å². The number of alkyl halides is 1. The lowest BCUT2D eigenvalue weighted by molar-refractivity contribution is -0.119. The number of rotatable bonds is 5. The summed E-state index contributed by atoms with van der Waals surface area (Å²) in [5, 5.41) is 3.60. The lowest BCUT2D eigenvalue weighted by atomic mass is 10.1. The number of carbonyl (C=O) groups is 1. The second-order valence-electron chi connectivity index (χ2n) is 3.47. The molecular weight excluding hydrogens is 266 g/mol. The molecular formula is C13H16BrNO. The molecule has 0 radical (unpaired) electrons. The van der Waals surface area contributed by atoms with Gasteiger partial charge >= 0.3 is 0 Å². The molecule has 0 atom stereocenters. The van der Waals surface area contributed by atoms with Crippen LogP contribution < -0.4 is 5.32 Å². The average molecular weight is 282 g/mol. The van der Waals surface area contributed by atoms with Crippen molar-refractivity contribution in [1.29, 1.82) is 0 Å². The van der Waals surface area contributed by atoms with Crippen molar-refractivity contribution < 1.29 is 4.79 Å². The fraction of sp³-hybridized carbons (Fsp3) is 0.308. The molecule has 0 saturated heterocycles. The second kappa shape index (κ2) is 7.23. The molecule has 1 N–H and O–H groups in total. The summed E-state index contributed by atoms with van der Waals surface area (Å²) in [5.41, 5.74) is 2.21. The van der Waals surface area contributed by atoms with Crippen molar-refractivity contribution in [1.82, 2.24) is 5.32 Å². The van der Waals surface area contributed by atoms with Crippen molar-refractivity contribution >= 4 is 27.9 Å². The standard InChI is InChI=1S/C13H16BrNO/c1-15-13(16)10-12-7-5-11(6-8-12)4-2-3-9-14/h2,4-8H,3,9-10H2,1H3,(H,15,16). The number of likely N-dealkylation sites (N-methyl/N-ethyl adjacent to an activating group) is 1. The maximum Gasteiger partial charge on any atom is 0.224 e. The fourth-order valence-electron chi connectivity index (χ4n) is 1.30. The van der Waals surface area contributed by atoms with Crippen LogP contribution in [0.15, 0.2) is 30.3 Å². The van der Waals surface area contributed by atoms with Crippen molar-refractivity contribution in [2.75, 3.05) is 12.4 Å². The molecule has 16 heavy (non-hydrogen) atoms. The number of hydrogen-bond acceptors (Lipinski definition) is 1. The summed E-state index contributed by atoms with van der Waals surface area (Å²) in [6, 6.07) is 8.04. The minimum atomic E-state index is 0.0441. The topological polar surface area (TPSA) is 29.1 Å². The molecule has 1 aromatic rings. The molecule has 0 aliphatic carbocycles. The van der Waals surface area contributed by atoms with Gasteiger partial charge in [0, 0.05) is 12.4 Å². The van der Waals surface area contributed by atoms with E-state index in [2.05, 4.69) is 33.4 Å². The number of halogens is 1. The molecule has 1 rings (SSSR count). The third-order valence-corrected chi connectivity index (χ3v) is 2.67. The highest BCUT2D eigenvalue weighted by molar-refractivity contribution is 9.09. The van der Waals surface area contributed by atoms with Gasteiger partial charge in [-0.2, -0.15) is 0 Å². The number of allylic oxidation sites excluding steroid dienone is 1. The summed E-state index contributed by atoms with van der Waals surface area (Å²) >= 11 is 3.37. The SMILES string of the molecule is CNC(=O)Cc1ccc(C=CCCBr)cc1. The Hall–Kier alpha value is -1.09. The number of hydrogen-bond donors (Lipinski definition) is 1. The summed E-state index contributed by atoms with van der Waals surface area (Å²) in [6.07, 6.45) is 5.69. The number of carbonyl (C=O) groups excluding carboxylic acids is 1. The zero-order valence-corrected chi connectivity index (χ0v) is 11.0. The van der Waals surface area contributed by atoms with E-state index in [4.69, 9.17) is 0 Å². The van der Waals surface area contributed by atoms with Crippen LogP contribution in [0.5, 0.6) is 0 Å². The molecule has 0 fully saturated rings. The van der Waals surface area contributed by atoms with Crippen LogP contribution in [-0.4, -0.2) is 18.3 Å². The Morgan fingerprint density at radius 1 is 1.38 bits per heavy atom. The van der Waals surface area contributed by atoms with E-state index >= 15 is 0 Å². The van der Waals surface area contributed by atoms with Crippen LogP contribution in [0.1, 0.15) is 17.5 Å². The van der Waals surface area contributed by atoms with Crippen molar-refractivity contribution in [3.05, 3.63) is 41.5 Å². The van der Waals surface area contributed by atoms with Gasteiger partial charge in [-0.25, -0.2) is 0 Å². The molecule has 0 spiro atoms. The maximum absolute atomic E-state index is 11.1. The Labute approximate surface area is 105 Å². The van der Waals surface area contributed by atoms with Crippen LogP contribution in [0.25, 0.3) is 6.08 Å². The first kappa shape index (κ1) is 13.0. The Kier molecular flexibility index (Phi) is 5.86. The van der Waals surface area contributed by atoms with Gasteiger partial charge in [0.05, 0.1) is 6.42 Å². The van der Waals surface area contributed by atoms with E-state index in [9.17, 15) is 4.79 Å². The first-order chi connectivity index (χ1) is 7.76. The average Bonchev–Trinajstić information content (AvgIpc) is 2.31. The van der Waals surface area contributed by atoms with Gasteiger partial charge in [0.25, 0.3) is 0 Å². The van der Waals surface area contributed by atoms with Crippen LogP contribution in [0.3, 0.4) is 0 Å². The summed E-state index contributed by atoms with van der Waals surface area (Å²) in [4.78, 5) is 11.1. The maximum atomic E-state index is 11.1. The van der Waals surface area contributed by atoms with Gasteiger partial charge in [-0.1, -0.05) is 52.3 Å². The molecule has 0 aliphatic rings. The van der Waals surface area contributed by atoms with E-state index in [1.807, 2.05) is 24.3 Å². The molecule has 0 aliphatic heterocycles. The van der Waals surface area contributed by atoms with Crippen molar-refractivity contribution in [3.8, 4) is 0 Å². The fourth-order valence-corrected chi connectivity index (χ4v) is 1.57. The van der Waals surface area contributed by atoms with Crippen LogP contribution in [0, 0.1) is 0 Å². The quantitative estimate of drug-likeness (QED) is 0.827. The van der Waals surface area contributed by atoms with E-state index in [0.29, 0.717) is 6.42 Å². The lowest BCUT2D eigenvalue weighted by Gasteiger charge is -2.00. The highest BCUT2D eigenvalue weighted by Gasteiger charge is 1.99. The molecule has 86 valence electrons. The van der Waals surface area contributed by atoms with Crippen LogP contribution in [0.4, 0.5) is 0 Å². The third-order valence-electron chi connectivity index (χ3n) is 2.21. The Bertz CT molecular complexity index is 357. The van der Waals surface area contributed by atoms with E-state index < -0.39 is 0 Å². The Morgan fingerprint density at radius 3 is 2.62 bits per heavy atom. The van der Waals surface area contributed by atoms with Gasteiger partial charge in [-0.05, 0) is 17.5 Å². The lowest BCUT2D eigenvalue weighted by Crippen LogP contribution is -2.19. The summed E-state index contributed by atoms with van der Waals surface area (Å²) in [5.74, 6) is 0.0441. The largest absolute Gasteiger partial charge is 0.359 e. The summed E-state index contributed by atoms with van der Waals surface area (Å²) in [6.45, 7) is 0. The van der Waals surface area contributed by atoms with Crippen LogP contribution in [-0.2, 0) is 11.2 Å². The summed E-state index contributed by atoms with van der Waals surface area (Å²) in [7, 11) is 1.65. The Balaban J connectivity index is 2.57. The monoisotopic (exact) mass is 281 g/mol. The molecule has 0 unspecified atom stereocenters. The van der Waals surface area contributed by atoms with Gasteiger partial charge in [0.2, 0.25) is 5.91 Å². The molecule has 1 amide bonds. The number of amides is 1. The summed E-state index contributed by atoms with van der Waals surface area (Å²) < 4.78 is 0. The van der Waals surface area contributed by atoms with Crippen LogP contribution >= 0.6 is 15.9 Å². The smallest absolute Gasteiger partial charge is 0.224 e. The molecule has 1 aromatic carbocycles. The first-order valence-corrected chi connectivity index (χ1v) is 6.40. The van der Waals surface area contributed by atoms with Crippen molar-refractivity contribution in [2.45, 2.75) is 12.8 Å². The normalized spacial score (nSPS) is 10.6. The minimum Gasteiger partial charge on any atom is -0.359 e. The highest BCUT2D eigenvalue weighted by atomic mass is 79.9. The molecule has 3 heteroatoms. The van der Waals surface area contributed by atoms with Crippen molar-refractivity contribution in [2.24, 2.45) is 0 Å². The highest BCUT2D eigenvalue weighted by Crippen LogP contribution is 2.07. The Morgan fingerprint density at radius 2 is 2.06 bits per heavy atom. The molecule has 0 heterocycles. The van der Waals surface area contributed by atoms with Gasteiger partial charge in [0.15, 0.2) is 0 Å². The number of benzene rings is 1. The predicted molar refractivity (Wildman–Crippen MR) is 71.7 cm³/mol. The third kappa shape index (κ3) is 4.62. The molecule has 2 nitrogen and oxygen atoms in total. The van der Waals surface area contributed by atoms with Gasteiger partial charge < -0.3 is 5.32 Å².